The highest BCUT2D eigenvalue weighted by atomic mass is 32.2. The first kappa shape index (κ1) is 16.3. The molecule has 4 nitrogen and oxygen atoms in total. The summed E-state index contributed by atoms with van der Waals surface area (Å²) < 4.78 is 52.0. The van der Waals surface area contributed by atoms with Gasteiger partial charge in [0, 0.05) is 6.54 Å². The van der Waals surface area contributed by atoms with Crippen LogP contribution < -0.4 is 10.0 Å². The molecule has 1 heterocycles. The first-order chi connectivity index (χ1) is 9.96. The maximum atomic E-state index is 13.0. The number of benzene rings is 1. The summed E-state index contributed by atoms with van der Waals surface area (Å²) in [5.74, 6) is -1.40. The maximum absolute atomic E-state index is 13.0. The number of halogens is 2. The van der Waals surface area contributed by atoms with Crippen LogP contribution in [0, 0.1) is 17.6 Å². The Hall–Kier alpha value is -1.05. The van der Waals surface area contributed by atoms with Gasteiger partial charge in [0.2, 0.25) is 10.0 Å². The van der Waals surface area contributed by atoms with Gasteiger partial charge in [-0.25, -0.2) is 21.9 Å². The smallest absolute Gasteiger partial charge is 0.211 e. The van der Waals surface area contributed by atoms with E-state index in [1.807, 2.05) is 0 Å². The van der Waals surface area contributed by atoms with Crippen LogP contribution >= 0.6 is 0 Å². The van der Waals surface area contributed by atoms with E-state index in [4.69, 9.17) is 0 Å². The molecule has 0 spiro atoms. The van der Waals surface area contributed by atoms with Crippen molar-refractivity contribution in [2.75, 3.05) is 18.8 Å². The summed E-state index contributed by atoms with van der Waals surface area (Å²) in [5, 5.41) is 3.24. The molecule has 1 aromatic carbocycles. The zero-order valence-electron chi connectivity index (χ0n) is 11.7. The lowest BCUT2D eigenvalue weighted by atomic mass is 9.96. The van der Waals surface area contributed by atoms with Crippen molar-refractivity contribution in [3.63, 3.8) is 0 Å². The van der Waals surface area contributed by atoms with Gasteiger partial charge in [-0.3, -0.25) is 0 Å². The molecule has 7 heteroatoms. The van der Waals surface area contributed by atoms with Gasteiger partial charge in [0.1, 0.15) is 0 Å². The topological polar surface area (TPSA) is 58.2 Å². The van der Waals surface area contributed by atoms with E-state index >= 15 is 0 Å². The van der Waals surface area contributed by atoms with E-state index in [1.54, 1.807) is 0 Å². The molecule has 0 aromatic heterocycles. The molecule has 0 amide bonds. The molecule has 1 aromatic rings. The third kappa shape index (κ3) is 5.33. The van der Waals surface area contributed by atoms with E-state index in [-0.39, 0.29) is 12.3 Å². The summed E-state index contributed by atoms with van der Waals surface area (Å²) in [6, 6.07) is 3.37. The predicted molar refractivity (Wildman–Crippen MR) is 77.2 cm³/mol. The summed E-state index contributed by atoms with van der Waals surface area (Å²) in [7, 11) is -3.39. The number of hydrogen-bond acceptors (Lipinski definition) is 3. The van der Waals surface area contributed by atoms with Crippen LogP contribution in [-0.4, -0.2) is 27.3 Å². The molecule has 1 saturated heterocycles. The largest absolute Gasteiger partial charge is 0.317 e. The SMILES string of the molecule is O=S(=O)(CCC1CCNCC1)NCc1ccc(F)c(F)c1. The van der Waals surface area contributed by atoms with Crippen molar-refractivity contribution >= 4 is 10.0 Å². The van der Waals surface area contributed by atoms with E-state index < -0.39 is 21.7 Å². The summed E-state index contributed by atoms with van der Waals surface area (Å²) in [6.07, 6.45) is 2.63. The van der Waals surface area contributed by atoms with Crippen molar-refractivity contribution in [1.29, 1.82) is 0 Å². The van der Waals surface area contributed by atoms with Crippen molar-refractivity contribution in [3.05, 3.63) is 35.4 Å². The van der Waals surface area contributed by atoms with Crippen molar-refractivity contribution in [1.82, 2.24) is 10.0 Å². The Morgan fingerprint density at radius 3 is 2.57 bits per heavy atom. The Bertz CT molecular complexity index is 572. The highest BCUT2D eigenvalue weighted by Crippen LogP contribution is 2.16. The Kier molecular flexibility index (Phi) is 5.66. The second-order valence-corrected chi connectivity index (χ2v) is 7.30. The number of rotatable bonds is 6. The third-order valence-electron chi connectivity index (χ3n) is 3.73. The Morgan fingerprint density at radius 2 is 1.90 bits per heavy atom. The van der Waals surface area contributed by atoms with Gasteiger partial charge in [0.15, 0.2) is 11.6 Å². The monoisotopic (exact) mass is 318 g/mol. The second kappa shape index (κ2) is 7.29. The van der Waals surface area contributed by atoms with Crippen LogP contribution in [0.4, 0.5) is 8.78 Å². The molecule has 2 rings (SSSR count). The highest BCUT2D eigenvalue weighted by Gasteiger charge is 2.17. The minimum absolute atomic E-state index is 0.0221. The molecule has 0 atom stereocenters. The Balaban J connectivity index is 1.81. The van der Waals surface area contributed by atoms with Gasteiger partial charge < -0.3 is 5.32 Å². The highest BCUT2D eigenvalue weighted by molar-refractivity contribution is 7.89. The summed E-state index contributed by atoms with van der Waals surface area (Å²) >= 11 is 0. The van der Waals surface area contributed by atoms with Crippen LogP contribution in [-0.2, 0) is 16.6 Å². The maximum Gasteiger partial charge on any atom is 0.211 e. The summed E-state index contributed by atoms with van der Waals surface area (Å²) in [4.78, 5) is 0. The fraction of sp³-hybridized carbons (Fsp3) is 0.571. The molecule has 1 fully saturated rings. The summed E-state index contributed by atoms with van der Waals surface area (Å²) in [6.45, 7) is 1.85. The zero-order valence-corrected chi connectivity index (χ0v) is 12.6. The number of piperidine rings is 1. The average Bonchev–Trinajstić information content (AvgIpc) is 2.48. The lowest BCUT2D eigenvalue weighted by molar-refractivity contribution is 0.365. The molecular weight excluding hydrogens is 298 g/mol. The van der Waals surface area contributed by atoms with Crippen molar-refractivity contribution in [2.45, 2.75) is 25.8 Å². The number of hydrogen-bond donors (Lipinski definition) is 2. The predicted octanol–water partition coefficient (Wildman–Crippen LogP) is 1.77. The van der Waals surface area contributed by atoms with Gasteiger partial charge in [-0.05, 0) is 56.0 Å². The van der Waals surface area contributed by atoms with Crippen LogP contribution in [0.15, 0.2) is 18.2 Å². The van der Waals surface area contributed by atoms with Crippen molar-refractivity contribution < 1.29 is 17.2 Å². The lowest BCUT2D eigenvalue weighted by Crippen LogP contribution is -2.31. The normalized spacial score (nSPS) is 17.0. The van der Waals surface area contributed by atoms with Crippen molar-refractivity contribution in [3.8, 4) is 0 Å². The molecular formula is C14H20F2N2O2S. The molecule has 1 aliphatic rings. The van der Waals surface area contributed by atoms with Gasteiger partial charge in [0.05, 0.1) is 5.75 Å². The minimum Gasteiger partial charge on any atom is -0.317 e. The Morgan fingerprint density at radius 1 is 1.19 bits per heavy atom. The fourth-order valence-corrected chi connectivity index (χ4v) is 3.58. The van der Waals surface area contributed by atoms with Gasteiger partial charge in [-0.2, -0.15) is 0 Å². The van der Waals surface area contributed by atoms with Crippen LogP contribution in [0.2, 0.25) is 0 Å². The first-order valence-electron chi connectivity index (χ1n) is 7.08. The molecule has 1 aliphatic heterocycles. The van der Waals surface area contributed by atoms with Crippen LogP contribution in [0.1, 0.15) is 24.8 Å². The molecule has 0 saturated carbocycles. The molecule has 0 radical (unpaired) electrons. The molecule has 2 N–H and O–H groups in total. The standard InChI is InChI=1S/C14H20F2N2O2S/c15-13-2-1-12(9-14(13)16)10-18-21(19,20)8-5-11-3-6-17-7-4-11/h1-2,9,11,17-18H,3-8,10H2. The van der Waals surface area contributed by atoms with E-state index in [1.165, 1.54) is 6.07 Å². The van der Waals surface area contributed by atoms with E-state index in [0.717, 1.165) is 38.1 Å². The van der Waals surface area contributed by atoms with E-state index in [0.29, 0.717) is 17.9 Å². The minimum atomic E-state index is -3.39. The Labute approximate surface area is 124 Å². The van der Waals surface area contributed by atoms with Gasteiger partial charge in [-0.15, -0.1) is 0 Å². The first-order valence-corrected chi connectivity index (χ1v) is 8.73. The molecule has 0 bridgehead atoms. The average molecular weight is 318 g/mol. The molecule has 0 unspecified atom stereocenters. The van der Waals surface area contributed by atoms with E-state index in [9.17, 15) is 17.2 Å². The lowest BCUT2D eigenvalue weighted by Gasteiger charge is -2.22. The van der Waals surface area contributed by atoms with E-state index in [2.05, 4.69) is 10.0 Å². The van der Waals surface area contributed by atoms with Crippen LogP contribution in [0.5, 0.6) is 0 Å². The van der Waals surface area contributed by atoms with Gasteiger partial charge >= 0.3 is 0 Å². The quantitative estimate of drug-likeness (QED) is 0.840. The van der Waals surface area contributed by atoms with Gasteiger partial charge in [0.25, 0.3) is 0 Å². The number of sulfonamides is 1. The third-order valence-corrected chi connectivity index (χ3v) is 5.09. The second-order valence-electron chi connectivity index (χ2n) is 5.37. The molecule has 0 aliphatic carbocycles. The molecule has 21 heavy (non-hydrogen) atoms. The zero-order chi connectivity index (χ0) is 15.3. The van der Waals surface area contributed by atoms with Crippen molar-refractivity contribution in [2.24, 2.45) is 5.92 Å². The van der Waals surface area contributed by atoms with Crippen LogP contribution in [0.3, 0.4) is 0 Å². The fourth-order valence-electron chi connectivity index (χ4n) is 2.41. The molecule has 118 valence electrons. The van der Waals surface area contributed by atoms with Crippen LogP contribution in [0.25, 0.3) is 0 Å². The van der Waals surface area contributed by atoms with Gasteiger partial charge in [-0.1, -0.05) is 6.07 Å². The summed E-state index contributed by atoms with van der Waals surface area (Å²) in [5.41, 5.74) is 0.402. The number of nitrogens with one attached hydrogen (secondary N) is 2.